The highest BCUT2D eigenvalue weighted by atomic mass is 32.2. The number of anilines is 2. The lowest BCUT2D eigenvalue weighted by atomic mass is 10.0. The SMILES string of the molecule is C[C@@H]1CCCN(c2nc3ncnc(SCC(=O)Nc4cc(F)ccc4F)c3s2)C1. The Morgan fingerprint density at radius 2 is 2.24 bits per heavy atom. The van der Waals surface area contributed by atoms with Gasteiger partial charge in [0.2, 0.25) is 5.91 Å². The summed E-state index contributed by atoms with van der Waals surface area (Å²) in [5.41, 5.74) is 0.431. The largest absolute Gasteiger partial charge is 0.348 e. The van der Waals surface area contributed by atoms with Crippen LogP contribution >= 0.6 is 23.1 Å². The Morgan fingerprint density at radius 1 is 1.38 bits per heavy atom. The number of thioether (sulfide) groups is 1. The summed E-state index contributed by atoms with van der Waals surface area (Å²) in [5.74, 6) is -1.10. The summed E-state index contributed by atoms with van der Waals surface area (Å²) in [5, 5.41) is 3.96. The van der Waals surface area contributed by atoms with Crippen molar-refractivity contribution in [1.82, 2.24) is 15.0 Å². The minimum Gasteiger partial charge on any atom is -0.348 e. The molecular formula is C19H19F2N5OS2. The van der Waals surface area contributed by atoms with Crippen molar-refractivity contribution in [3.05, 3.63) is 36.2 Å². The smallest absolute Gasteiger partial charge is 0.234 e. The van der Waals surface area contributed by atoms with Crippen LogP contribution in [0.3, 0.4) is 0 Å². The van der Waals surface area contributed by atoms with Crippen LogP contribution in [0.2, 0.25) is 0 Å². The third-order valence-electron chi connectivity index (χ3n) is 4.62. The van der Waals surface area contributed by atoms with Gasteiger partial charge in [-0.25, -0.2) is 18.7 Å². The Labute approximate surface area is 174 Å². The molecule has 0 saturated carbocycles. The van der Waals surface area contributed by atoms with Crippen LogP contribution in [0.25, 0.3) is 10.3 Å². The first-order valence-electron chi connectivity index (χ1n) is 9.24. The molecule has 0 bridgehead atoms. The molecule has 0 aliphatic carbocycles. The zero-order chi connectivity index (χ0) is 20.4. The fraction of sp³-hybridized carbons (Fsp3) is 0.368. The molecule has 29 heavy (non-hydrogen) atoms. The van der Waals surface area contributed by atoms with Gasteiger partial charge in [-0.3, -0.25) is 4.79 Å². The van der Waals surface area contributed by atoms with E-state index in [0.717, 1.165) is 47.5 Å². The lowest BCUT2D eigenvalue weighted by Crippen LogP contribution is -2.34. The van der Waals surface area contributed by atoms with E-state index in [1.54, 1.807) is 0 Å². The van der Waals surface area contributed by atoms with Gasteiger partial charge in [0.1, 0.15) is 27.7 Å². The van der Waals surface area contributed by atoms with E-state index < -0.39 is 17.5 Å². The van der Waals surface area contributed by atoms with Crippen LogP contribution in [-0.4, -0.2) is 39.7 Å². The molecule has 1 aromatic carbocycles. The Balaban J connectivity index is 1.46. The quantitative estimate of drug-likeness (QED) is 0.475. The fourth-order valence-electron chi connectivity index (χ4n) is 3.24. The molecule has 0 radical (unpaired) electrons. The molecule has 1 fully saturated rings. The van der Waals surface area contributed by atoms with Gasteiger partial charge in [-0.1, -0.05) is 30.0 Å². The van der Waals surface area contributed by atoms with Gasteiger partial charge in [-0.15, -0.1) is 0 Å². The van der Waals surface area contributed by atoms with Gasteiger partial charge >= 0.3 is 0 Å². The Kier molecular flexibility index (Phi) is 5.91. The first-order valence-corrected chi connectivity index (χ1v) is 11.0. The molecule has 3 aromatic rings. The Hall–Kier alpha value is -2.33. The van der Waals surface area contributed by atoms with Crippen LogP contribution < -0.4 is 10.2 Å². The van der Waals surface area contributed by atoms with Crippen LogP contribution in [0.15, 0.2) is 29.6 Å². The van der Waals surface area contributed by atoms with Gasteiger partial charge in [0, 0.05) is 19.2 Å². The molecule has 0 unspecified atom stereocenters. The molecule has 3 heterocycles. The number of thiazole rings is 1. The number of aromatic nitrogens is 3. The average molecular weight is 436 g/mol. The lowest BCUT2D eigenvalue weighted by molar-refractivity contribution is -0.113. The molecular weight excluding hydrogens is 416 g/mol. The number of halogens is 2. The summed E-state index contributed by atoms with van der Waals surface area (Å²) >= 11 is 2.74. The minimum atomic E-state index is -0.683. The number of hydrogen-bond acceptors (Lipinski definition) is 7. The zero-order valence-corrected chi connectivity index (χ0v) is 17.3. The van der Waals surface area contributed by atoms with E-state index in [2.05, 4.69) is 32.1 Å². The number of nitrogens with zero attached hydrogens (tertiary/aromatic N) is 4. The highest BCUT2D eigenvalue weighted by Crippen LogP contribution is 2.35. The molecule has 1 amide bonds. The van der Waals surface area contributed by atoms with Crippen LogP contribution in [-0.2, 0) is 4.79 Å². The first-order chi connectivity index (χ1) is 14.0. The molecule has 1 atom stereocenters. The number of carbonyl (C=O) groups is 1. The van der Waals surface area contributed by atoms with E-state index in [4.69, 9.17) is 0 Å². The van der Waals surface area contributed by atoms with Gasteiger partial charge < -0.3 is 10.2 Å². The number of hydrogen-bond donors (Lipinski definition) is 1. The number of benzene rings is 1. The molecule has 2 aromatic heterocycles. The van der Waals surface area contributed by atoms with E-state index in [0.29, 0.717) is 16.6 Å². The molecule has 6 nitrogen and oxygen atoms in total. The molecule has 1 N–H and O–H groups in total. The summed E-state index contributed by atoms with van der Waals surface area (Å²) in [6, 6.07) is 2.93. The van der Waals surface area contributed by atoms with E-state index in [1.807, 2.05) is 0 Å². The standard InChI is InChI=1S/C19H19F2N5OS2/c1-11-3-2-6-26(8-11)19-25-17-16(29-19)18(23-10-22-17)28-9-15(27)24-14-7-12(20)4-5-13(14)21/h4-5,7,10-11H,2-3,6,8-9H2,1H3,(H,24,27)/t11-/m1/s1. The van der Waals surface area contributed by atoms with Crippen molar-refractivity contribution in [1.29, 1.82) is 0 Å². The summed E-state index contributed by atoms with van der Waals surface area (Å²) in [7, 11) is 0. The zero-order valence-electron chi connectivity index (χ0n) is 15.7. The third kappa shape index (κ3) is 4.64. The van der Waals surface area contributed by atoms with Gasteiger partial charge in [-0.05, 0) is 30.9 Å². The number of carbonyl (C=O) groups excluding carboxylic acids is 1. The van der Waals surface area contributed by atoms with Crippen molar-refractivity contribution < 1.29 is 13.6 Å². The van der Waals surface area contributed by atoms with E-state index in [-0.39, 0.29) is 11.4 Å². The Bertz CT molecular complexity index is 1040. The van der Waals surface area contributed by atoms with Crippen LogP contribution in [0.1, 0.15) is 19.8 Å². The number of amides is 1. The van der Waals surface area contributed by atoms with Crippen molar-refractivity contribution in [2.75, 3.05) is 29.1 Å². The van der Waals surface area contributed by atoms with Crippen molar-refractivity contribution in [3.63, 3.8) is 0 Å². The van der Waals surface area contributed by atoms with E-state index in [1.165, 1.54) is 35.8 Å². The highest BCUT2D eigenvalue weighted by Gasteiger charge is 2.21. The molecule has 1 saturated heterocycles. The second-order valence-corrected chi connectivity index (χ2v) is 8.92. The average Bonchev–Trinajstić information content (AvgIpc) is 3.14. The van der Waals surface area contributed by atoms with Crippen molar-refractivity contribution in [2.45, 2.75) is 24.8 Å². The predicted octanol–water partition coefficient (Wildman–Crippen LogP) is 4.33. The molecule has 1 aliphatic heterocycles. The summed E-state index contributed by atoms with van der Waals surface area (Å²) < 4.78 is 27.8. The minimum absolute atomic E-state index is 0.00997. The van der Waals surface area contributed by atoms with Crippen LogP contribution in [0.5, 0.6) is 0 Å². The maximum absolute atomic E-state index is 13.7. The number of fused-ring (bicyclic) bond motifs is 1. The third-order valence-corrected chi connectivity index (χ3v) is 6.85. The second kappa shape index (κ2) is 8.58. The van der Waals surface area contributed by atoms with Gasteiger partial charge in [0.15, 0.2) is 10.8 Å². The van der Waals surface area contributed by atoms with Crippen LogP contribution in [0, 0.1) is 17.6 Å². The van der Waals surface area contributed by atoms with Crippen molar-refractivity contribution >= 4 is 50.2 Å². The summed E-state index contributed by atoms with van der Waals surface area (Å²) in [6.45, 7) is 4.18. The van der Waals surface area contributed by atoms with Crippen LogP contribution in [0.4, 0.5) is 19.6 Å². The fourth-order valence-corrected chi connectivity index (χ4v) is 5.16. The second-order valence-electron chi connectivity index (χ2n) is 6.98. The van der Waals surface area contributed by atoms with E-state index in [9.17, 15) is 13.6 Å². The molecule has 0 spiro atoms. The maximum Gasteiger partial charge on any atom is 0.234 e. The topological polar surface area (TPSA) is 71.0 Å². The van der Waals surface area contributed by atoms with Gasteiger partial charge in [0.05, 0.1) is 11.4 Å². The Morgan fingerprint density at radius 3 is 3.07 bits per heavy atom. The molecule has 152 valence electrons. The number of nitrogens with one attached hydrogen (secondary N) is 1. The van der Waals surface area contributed by atoms with E-state index >= 15 is 0 Å². The summed E-state index contributed by atoms with van der Waals surface area (Å²) in [6.07, 6.45) is 3.79. The number of piperidine rings is 1. The highest BCUT2D eigenvalue weighted by molar-refractivity contribution is 8.00. The molecule has 4 rings (SSSR count). The van der Waals surface area contributed by atoms with Gasteiger partial charge in [0.25, 0.3) is 0 Å². The van der Waals surface area contributed by atoms with Crippen molar-refractivity contribution in [3.8, 4) is 0 Å². The number of rotatable bonds is 5. The predicted molar refractivity (Wildman–Crippen MR) is 112 cm³/mol. The summed E-state index contributed by atoms with van der Waals surface area (Å²) in [4.78, 5) is 27.6. The molecule has 1 aliphatic rings. The monoisotopic (exact) mass is 435 g/mol. The maximum atomic E-state index is 13.7. The normalized spacial score (nSPS) is 16.9. The van der Waals surface area contributed by atoms with Crippen molar-refractivity contribution in [2.24, 2.45) is 5.92 Å². The van der Waals surface area contributed by atoms with Gasteiger partial charge in [-0.2, -0.15) is 4.98 Å². The molecule has 10 heteroatoms. The lowest BCUT2D eigenvalue weighted by Gasteiger charge is -2.30. The first kappa shape index (κ1) is 20.0.